The Morgan fingerprint density at radius 3 is 2.56 bits per heavy atom. The Hall–Kier alpha value is -2.32. The largest absolute Gasteiger partial charge is 0.303 e. The molecule has 0 spiro atoms. The van der Waals surface area contributed by atoms with E-state index in [2.05, 4.69) is 22.2 Å². The minimum absolute atomic E-state index is 0.186. The summed E-state index contributed by atoms with van der Waals surface area (Å²) < 4.78 is 27.4. The molecule has 0 fully saturated rings. The van der Waals surface area contributed by atoms with E-state index in [0.717, 1.165) is 17.8 Å². The molecular formula is C17H21N3O3S2. The Balaban J connectivity index is 2.15. The number of para-hydroxylation sites is 1. The molecule has 1 aromatic heterocycles. The Labute approximate surface area is 152 Å². The zero-order valence-corrected chi connectivity index (χ0v) is 15.7. The van der Waals surface area contributed by atoms with Gasteiger partial charge in [-0.1, -0.05) is 38.6 Å². The summed E-state index contributed by atoms with van der Waals surface area (Å²) in [7, 11) is -3.72. The minimum atomic E-state index is -3.72. The minimum Gasteiger partial charge on any atom is -0.303 e. The van der Waals surface area contributed by atoms with Gasteiger partial charge in [0.1, 0.15) is 4.21 Å². The molecule has 0 bridgehead atoms. The predicted molar refractivity (Wildman–Crippen MR) is 101 cm³/mol. The Bertz CT molecular complexity index is 846. The Kier molecular flexibility index (Phi) is 6.22. The maximum Gasteiger partial charge on any atom is 0.271 e. The van der Waals surface area contributed by atoms with Crippen molar-refractivity contribution in [1.29, 1.82) is 0 Å². The first-order chi connectivity index (χ1) is 11.8. The number of rotatable bonds is 8. The van der Waals surface area contributed by atoms with Gasteiger partial charge in [0.05, 0.1) is 11.3 Å². The highest BCUT2D eigenvalue weighted by molar-refractivity contribution is 7.94. The van der Waals surface area contributed by atoms with Crippen molar-refractivity contribution < 1.29 is 13.2 Å². The smallest absolute Gasteiger partial charge is 0.271 e. The van der Waals surface area contributed by atoms with Crippen LogP contribution in [0, 0.1) is 5.92 Å². The van der Waals surface area contributed by atoms with Crippen molar-refractivity contribution in [2.45, 2.75) is 24.5 Å². The average Bonchev–Trinajstić information content (AvgIpc) is 3.14. The summed E-state index contributed by atoms with van der Waals surface area (Å²) in [6.45, 7) is 7.88. The van der Waals surface area contributed by atoms with Gasteiger partial charge in [0.15, 0.2) is 0 Å². The molecule has 0 aliphatic rings. The quantitative estimate of drug-likeness (QED) is 0.614. The zero-order valence-electron chi connectivity index (χ0n) is 14.1. The number of benzene rings is 1. The molecule has 25 heavy (non-hydrogen) atoms. The first-order valence-corrected chi connectivity index (χ1v) is 10.1. The van der Waals surface area contributed by atoms with Crippen LogP contribution in [-0.2, 0) is 10.0 Å². The molecular weight excluding hydrogens is 358 g/mol. The van der Waals surface area contributed by atoms with Crippen LogP contribution in [0.2, 0.25) is 0 Å². The zero-order chi connectivity index (χ0) is 18.4. The molecule has 3 N–H and O–H groups in total. The van der Waals surface area contributed by atoms with Gasteiger partial charge in [-0.3, -0.25) is 14.9 Å². The topological polar surface area (TPSA) is 87.3 Å². The number of carbonyl (C=O) groups excluding carboxylic acids is 1. The predicted octanol–water partition coefficient (Wildman–Crippen LogP) is 3.34. The monoisotopic (exact) mass is 379 g/mol. The highest BCUT2D eigenvalue weighted by Crippen LogP contribution is 2.22. The number of hydrogen-bond acceptors (Lipinski definition) is 5. The van der Waals surface area contributed by atoms with E-state index in [1.54, 1.807) is 35.7 Å². The molecule has 1 amide bonds. The van der Waals surface area contributed by atoms with Crippen molar-refractivity contribution in [2.24, 2.45) is 5.92 Å². The van der Waals surface area contributed by atoms with E-state index in [0.29, 0.717) is 5.70 Å². The number of thiophene rings is 1. The molecule has 6 nitrogen and oxygen atoms in total. The van der Waals surface area contributed by atoms with Crippen LogP contribution in [0.5, 0.6) is 0 Å². The lowest BCUT2D eigenvalue weighted by Crippen LogP contribution is -2.38. The van der Waals surface area contributed by atoms with Gasteiger partial charge in [-0.15, -0.1) is 11.3 Å². The van der Waals surface area contributed by atoms with Crippen LogP contribution < -0.4 is 15.6 Å². The van der Waals surface area contributed by atoms with Crippen LogP contribution in [0.4, 0.5) is 5.69 Å². The molecule has 0 aliphatic carbocycles. The van der Waals surface area contributed by atoms with E-state index < -0.39 is 15.9 Å². The van der Waals surface area contributed by atoms with Gasteiger partial charge in [0, 0.05) is 5.70 Å². The molecule has 1 heterocycles. The molecule has 1 atom stereocenters. The summed E-state index contributed by atoms with van der Waals surface area (Å²) in [5.41, 5.74) is 6.45. The average molecular weight is 380 g/mol. The van der Waals surface area contributed by atoms with E-state index >= 15 is 0 Å². The van der Waals surface area contributed by atoms with Gasteiger partial charge in [0.25, 0.3) is 15.9 Å². The molecule has 2 aromatic rings. The highest BCUT2D eigenvalue weighted by atomic mass is 32.2. The fourth-order valence-corrected chi connectivity index (χ4v) is 4.03. The van der Waals surface area contributed by atoms with Gasteiger partial charge in [-0.2, -0.15) is 0 Å². The number of allylic oxidation sites excluding steroid dienone is 1. The van der Waals surface area contributed by atoms with Crippen molar-refractivity contribution in [3.63, 3.8) is 0 Å². The molecule has 0 radical (unpaired) electrons. The third-order valence-corrected chi connectivity index (χ3v) is 6.48. The maximum atomic E-state index is 12.4. The lowest BCUT2D eigenvalue weighted by molar-refractivity contribution is 0.0938. The van der Waals surface area contributed by atoms with Crippen molar-refractivity contribution >= 4 is 33.0 Å². The van der Waals surface area contributed by atoms with Crippen LogP contribution in [-0.4, -0.2) is 14.3 Å². The second-order valence-corrected chi connectivity index (χ2v) is 8.35. The maximum absolute atomic E-state index is 12.4. The first kappa shape index (κ1) is 19.0. The highest BCUT2D eigenvalue weighted by Gasteiger charge is 2.19. The van der Waals surface area contributed by atoms with Crippen LogP contribution in [0.15, 0.2) is 58.3 Å². The number of carbonyl (C=O) groups is 1. The molecule has 134 valence electrons. The lowest BCUT2D eigenvalue weighted by atomic mass is 10.1. The van der Waals surface area contributed by atoms with Crippen molar-refractivity contribution in [3.8, 4) is 0 Å². The van der Waals surface area contributed by atoms with Crippen LogP contribution >= 0.6 is 11.3 Å². The summed E-state index contributed by atoms with van der Waals surface area (Å²) in [6.07, 6.45) is 0.888. The van der Waals surface area contributed by atoms with Crippen molar-refractivity contribution in [3.05, 3.63) is 59.6 Å². The van der Waals surface area contributed by atoms with E-state index in [9.17, 15) is 13.2 Å². The second-order valence-electron chi connectivity index (χ2n) is 5.50. The van der Waals surface area contributed by atoms with Crippen LogP contribution in [0.1, 0.15) is 30.6 Å². The van der Waals surface area contributed by atoms with Crippen LogP contribution in [0.3, 0.4) is 0 Å². The molecule has 0 saturated carbocycles. The number of amides is 1. The number of sulfonamides is 1. The van der Waals surface area contributed by atoms with E-state index in [1.807, 2.05) is 13.8 Å². The second kappa shape index (κ2) is 8.17. The normalized spacial score (nSPS) is 12.2. The number of nitrogens with one attached hydrogen (secondary N) is 3. The fourth-order valence-electron chi connectivity index (χ4n) is 1.96. The Morgan fingerprint density at radius 1 is 1.20 bits per heavy atom. The van der Waals surface area contributed by atoms with Gasteiger partial charge in [-0.25, -0.2) is 8.42 Å². The third-order valence-electron chi connectivity index (χ3n) is 3.72. The molecule has 1 aromatic carbocycles. The van der Waals surface area contributed by atoms with Crippen LogP contribution in [0.25, 0.3) is 0 Å². The third kappa shape index (κ3) is 4.83. The van der Waals surface area contributed by atoms with Gasteiger partial charge < -0.3 is 5.43 Å². The summed E-state index contributed by atoms with van der Waals surface area (Å²) >= 11 is 1.11. The Morgan fingerprint density at radius 2 is 1.92 bits per heavy atom. The van der Waals surface area contributed by atoms with Gasteiger partial charge >= 0.3 is 0 Å². The van der Waals surface area contributed by atoms with E-state index in [-0.39, 0.29) is 21.4 Å². The fraction of sp³-hybridized carbons (Fsp3) is 0.235. The lowest BCUT2D eigenvalue weighted by Gasteiger charge is -2.17. The molecule has 0 unspecified atom stereocenters. The SMILES string of the molecule is C=C(NNC(=O)c1ccccc1NS(=O)(=O)c1cccs1)[C@@H](C)CC. The summed E-state index contributed by atoms with van der Waals surface area (Å²) in [6, 6.07) is 9.59. The molecule has 0 saturated heterocycles. The number of hydrazine groups is 1. The molecule has 8 heteroatoms. The summed E-state index contributed by atoms with van der Waals surface area (Å²) in [5, 5.41) is 1.68. The van der Waals surface area contributed by atoms with Gasteiger partial charge in [-0.05, 0) is 35.9 Å². The standard InChI is InChI=1S/C17H21N3O3S2/c1-4-12(2)13(3)18-19-17(21)14-8-5-6-9-15(14)20-25(22,23)16-10-7-11-24-16/h5-12,18,20H,3-4H2,1-2H3,(H,19,21)/t12-/m0/s1. The van der Waals surface area contributed by atoms with Gasteiger partial charge in [0.2, 0.25) is 0 Å². The van der Waals surface area contributed by atoms with Crippen molar-refractivity contribution in [1.82, 2.24) is 10.9 Å². The summed E-state index contributed by atoms with van der Waals surface area (Å²) in [4.78, 5) is 12.4. The van der Waals surface area contributed by atoms with Crippen molar-refractivity contribution in [2.75, 3.05) is 4.72 Å². The molecule has 2 rings (SSSR count). The van der Waals surface area contributed by atoms with E-state index in [4.69, 9.17) is 0 Å². The number of anilines is 1. The van der Waals surface area contributed by atoms with E-state index in [1.165, 1.54) is 6.07 Å². The first-order valence-electron chi connectivity index (χ1n) is 7.75. The molecule has 0 aliphatic heterocycles. The summed E-state index contributed by atoms with van der Waals surface area (Å²) in [5.74, 6) is -0.248. The number of hydrogen-bond donors (Lipinski definition) is 3.